The number of rotatable bonds is 2. The molecule has 0 spiro atoms. The summed E-state index contributed by atoms with van der Waals surface area (Å²) in [7, 11) is 1.53. The van der Waals surface area contributed by atoms with Crippen molar-refractivity contribution in [3.8, 4) is 11.5 Å². The fraction of sp³-hybridized carbons (Fsp3) is 0.533. The normalized spacial score (nSPS) is 25.4. The van der Waals surface area contributed by atoms with Crippen LogP contribution in [0.15, 0.2) is 18.2 Å². The fourth-order valence-corrected chi connectivity index (χ4v) is 3.20. The van der Waals surface area contributed by atoms with Crippen molar-refractivity contribution in [1.29, 1.82) is 0 Å². The molecule has 2 atom stereocenters. The van der Waals surface area contributed by atoms with Gasteiger partial charge in [-0.3, -0.25) is 4.79 Å². The van der Waals surface area contributed by atoms with Gasteiger partial charge < -0.3 is 20.1 Å². The van der Waals surface area contributed by atoms with Crippen LogP contribution in [-0.4, -0.2) is 48.7 Å². The number of carbonyl (C=O) groups excluding carboxylic acids is 1. The summed E-state index contributed by atoms with van der Waals surface area (Å²) >= 11 is 0. The van der Waals surface area contributed by atoms with E-state index in [9.17, 15) is 9.90 Å². The summed E-state index contributed by atoms with van der Waals surface area (Å²) in [5.41, 5.74) is 0.351. The van der Waals surface area contributed by atoms with Gasteiger partial charge in [0.05, 0.1) is 12.7 Å². The van der Waals surface area contributed by atoms with E-state index < -0.39 is 0 Å². The van der Waals surface area contributed by atoms with Crippen molar-refractivity contribution >= 4 is 5.91 Å². The Morgan fingerprint density at radius 3 is 3.00 bits per heavy atom. The SMILES string of the molecule is COc1ccc(C(=O)N2CC3CCCNC3C2)c(O)c1. The lowest BCUT2D eigenvalue weighted by atomic mass is 9.94. The van der Waals surface area contributed by atoms with Crippen LogP contribution in [0.25, 0.3) is 0 Å². The Balaban J connectivity index is 1.76. The van der Waals surface area contributed by atoms with Gasteiger partial charge in [0.2, 0.25) is 0 Å². The second-order valence-corrected chi connectivity index (χ2v) is 5.56. The van der Waals surface area contributed by atoms with Gasteiger partial charge in [-0.2, -0.15) is 0 Å². The van der Waals surface area contributed by atoms with E-state index in [0.717, 1.165) is 19.6 Å². The Kier molecular flexibility index (Phi) is 3.53. The lowest BCUT2D eigenvalue weighted by Gasteiger charge is -2.24. The molecule has 20 heavy (non-hydrogen) atoms. The van der Waals surface area contributed by atoms with E-state index in [2.05, 4.69) is 5.32 Å². The number of hydrogen-bond acceptors (Lipinski definition) is 4. The van der Waals surface area contributed by atoms with Gasteiger partial charge in [-0.1, -0.05) is 0 Å². The molecule has 1 aromatic rings. The molecule has 2 N–H and O–H groups in total. The van der Waals surface area contributed by atoms with Gasteiger partial charge in [0.1, 0.15) is 11.5 Å². The number of likely N-dealkylation sites (tertiary alicyclic amines) is 1. The molecule has 1 amide bonds. The number of ether oxygens (including phenoxy) is 1. The first-order valence-electron chi connectivity index (χ1n) is 7.08. The molecular weight excluding hydrogens is 256 g/mol. The largest absolute Gasteiger partial charge is 0.507 e. The Bertz CT molecular complexity index is 504. The van der Waals surface area contributed by atoms with Crippen LogP contribution in [0.4, 0.5) is 0 Å². The zero-order chi connectivity index (χ0) is 14.1. The number of phenolic OH excluding ortho intramolecular Hbond substituents is 1. The predicted octanol–water partition coefficient (Wildman–Crippen LogP) is 1.22. The summed E-state index contributed by atoms with van der Waals surface area (Å²) in [4.78, 5) is 14.4. The molecule has 5 nitrogen and oxygen atoms in total. The molecule has 5 heteroatoms. The first-order valence-corrected chi connectivity index (χ1v) is 7.08. The zero-order valence-corrected chi connectivity index (χ0v) is 11.6. The summed E-state index contributed by atoms with van der Waals surface area (Å²) < 4.78 is 5.04. The Hall–Kier alpha value is -1.75. The minimum atomic E-state index is -0.0960. The summed E-state index contributed by atoms with van der Waals surface area (Å²) in [5.74, 6) is 0.988. The van der Waals surface area contributed by atoms with Crippen molar-refractivity contribution < 1.29 is 14.6 Å². The number of aromatic hydroxyl groups is 1. The van der Waals surface area contributed by atoms with Crippen molar-refractivity contribution in [2.45, 2.75) is 18.9 Å². The predicted molar refractivity (Wildman–Crippen MR) is 75.1 cm³/mol. The van der Waals surface area contributed by atoms with E-state index >= 15 is 0 Å². The molecule has 0 aliphatic carbocycles. The lowest BCUT2D eigenvalue weighted by molar-refractivity contribution is 0.0782. The highest BCUT2D eigenvalue weighted by Crippen LogP contribution is 2.29. The van der Waals surface area contributed by atoms with E-state index in [4.69, 9.17) is 4.74 Å². The highest BCUT2D eigenvalue weighted by atomic mass is 16.5. The minimum Gasteiger partial charge on any atom is -0.507 e. The van der Waals surface area contributed by atoms with Gasteiger partial charge in [-0.05, 0) is 37.4 Å². The van der Waals surface area contributed by atoms with E-state index in [-0.39, 0.29) is 11.7 Å². The summed E-state index contributed by atoms with van der Waals surface area (Å²) in [6.07, 6.45) is 2.35. The molecule has 0 aromatic heterocycles. The molecule has 2 fully saturated rings. The van der Waals surface area contributed by atoms with Crippen LogP contribution >= 0.6 is 0 Å². The number of phenols is 1. The first kappa shape index (κ1) is 13.2. The van der Waals surface area contributed by atoms with Gasteiger partial charge in [-0.25, -0.2) is 0 Å². The molecular formula is C15H20N2O3. The van der Waals surface area contributed by atoms with Crippen molar-refractivity contribution in [3.63, 3.8) is 0 Å². The smallest absolute Gasteiger partial charge is 0.257 e. The third-order valence-electron chi connectivity index (χ3n) is 4.32. The molecule has 2 aliphatic heterocycles. The molecule has 108 valence electrons. The maximum Gasteiger partial charge on any atom is 0.257 e. The van der Waals surface area contributed by atoms with Gasteiger partial charge in [0.25, 0.3) is 5.91 Å². The number of piperidine rings is 1. The molecule has 2 saturated heterocycles. The van der Waals surface area contributed by atoms with Gasteiger partial charge in [0, 0.05) is 25.2 Å². The van der Waals surface area contributed by atoms with Crippen LogP contribution in [0.5, 0.6) is 11.5 Å². The van der Waals surface area contributed by atoms with E-state index in [1.54, 1.807) is 12.1 Å². The fourth-order valence-electron chi connectivity index (χ4n) is 3.20. The lowest BCUT2D eigenvalue weighted by Crippen LogP contribution is -2.41. The minimum absolute atomic E-state index is 0.0165. The van der Waals surface area contributed by atoms with Crippen molar-refractivity contribution in [2.24, 2.45) is 5.92 Å². The van der Waals surface area contributed by atoms with Crippen LogP contribution in [0.3, 0.4) is 0 Å². The average Bonchev–Trinajstić information content (AvgIpc) is 2.90. The second kappa shape index (κ2) is 5.32. The second-order valence-electron chi connectivity index (χ2n) is 5.56. The monoisotopic (exact) mass is 276 g/mol. The third kappa shape index (κ3) is 2.33. The summed E-state index contributed by atoms with van der Waals surface area (Å²) in [5, 5.41) is 13.4. The molecule has 2 heterocycles. The van der Waals surface area contributed by atoms with Crippen LogP contribution in [0.1, 0.15) is 23.2 Å². The van der Waals surface area contributed by atoms with Crippen LogP contribution in [-0.2, 0) is 0 Å². The molecule has 1 aromatic carbocycles. The Labute approximate surface area is 118 Å². The van der Waals surface area contributed by atoms with E-state index in [1.807, 2.05) is 4.90 Å². The molecule has 0 radical (unpaired) electrons. The number of nitrogens with zero attached hydrogens (tertiary/aromatic N) is 1. The standard InChI is InChI=1S/C15H20N2O3/c1-20-11-4-5-12(14(18)7-11)15(19)17-8-10-3-2-6-16-13(10)9-17/h4-5,7,10,13,16,18H,2-3,6,8-9H2,1H3. The van der Waals surface area contributed by atoms with Crippen molar-refractivity contribution in [2.75, 3.05) is 26.7 Å². The number of hydrogen-bond donors (Lipinski definition) is 2. The topological polar surface area (TPSA) is 61.8 Å². The highest BCUT2D eigenvalue weighted by Gasteiger charge is 2.37. The summed E-state index contributed by atoms with van der Waals surface area (Å²) in [6, 6.07) is 5.22. The van der Waals surface area contributed by atoms with Crippen molar-refractivity contribution in [1.82, 2.24) is 10.2 Å². The van der Waals surface area contributed by atoms with Crippen molar-refractivity contribution in [3.05, 3.63) is 23.8 Å². The Morgan fingerprint density at radius 2 is 2.30 bits per heavy atom. The quantitative estimate of drug-likeness (QED) is 0.853. The number of benzene rings is 1. The number of nitrogens with one attached hydrogen (secondary N) is 1. The van der Waals surface area contributed by atoms with Gasteiger partial charge in [0.15, 0.2) is 0 Å². The van der Waals surface area contributed by atoms with E-state index in [1.165, 1.54) is 26.0 Å². The number of fused-ring (bicyclic) bond motifs is 1. The maximum atomic E-state index is 12.5. The first-order chi connectivity index (χ1) is 9.69. The van der Waals surface area contributed by atoms with Gasteiger partial charge >= 0.3 is 0 Å². The Morgan fingerprint density at radius 1 is 1.45 bits per heavy atom. The molecule has 3 rings (SSSR count). The number of amides is 1. The zero-order valence-electron chi connectivity index (χ0n) is 11.6. The average molecular weight is 276 g/mol. The molecule has 0 saturated carbocycles. The third-order valence-corrected chi connectivity index (χ3v) is 4.32. The van der Waals surface area contributed by atoms with Crippen LogP contribution < -0.4 is 10.1 Å². The van der Waals surface area contributed by atoms with E-state index in [0.29, 0.717) is 23.3 Å². The maximum absolute atomic E-state index is 12.5. The highest BCUT2D eigenvalue weighted by molar-refractivity contribution is 5.97. The number of methoxy groups -OCH3 is 1. The molecule has 0 bridgehead atoms. The number of carbonyl (C=O) groups is 1. The molecule has 2 aliphatic rings. The van der Waals surface area contributed by atoms with Gasteiger partial charge in [-0.15, -0.1) is 0 Å². The van der Waals surface area contributed by atoms with Crippen LogP contribution in [0, 0.1) is 5.92 Å². The van der Waals surface area contributed by atoms with Crippen LogP contribution in [0.2, 0.25) is 0 Å². The molecule has 2 unspecified atom stereocenters. The summed E-state index contributed by atoms with van der Waals surface area (Å²) in [6.45, 7) is 2.55.